The maximum absolute atomic E-state index is 12.4. The van der Waals surface area contributed by atoms with Gasteiger partial charge in [-0.05, 0) is 93.8 Å². The van der Waals surface area contributed by atoms with Crippen LogP contribution in [-0.4, -0.2) is 68.7 Å². The van der Waals surface area contributed by atoms with Crippen LogP contribution in [0.1, 0.15) is 37.7 Å². The molecule has 2 saturated heterocycles. The molecule has 164 valence electrons. The van der Waals surface area contributed by atoms with E-state index in [1.807, 2.05) is 12.1 Å². The van der Waals surface area contributed by atoms with Gasteiger partial charge < -0.3 is 4.90 Å². The lowest BCUT2D eigenvalue weighted by atomic mass is 9.89. The number of likely N-dealkylation sites (tertiary alicyclic amines) is 1. The van der Waals surface area contributed by atoms with Gasteiger partial charge in [-0.15, -0.1) is 0 Å². The molecule has 1 aromatic rings. The molecule has 3 rings (SSSR count). The Labute approximate surface area is 189 Å². The van der Waals surface area contributed by atoms with Gasteiger partial charge in [-0.3, -0.25) is 0 Å². The minimum atomic E-state index is -3.28. The molecule has 2 aliphatic heterocycles. The molecule has 2 fully saturated rings. The molecule has 1 unspecified atom stereocenters. The molecule has 2 heterocycles. The van der Waals surface area contributed by atoms with Crippen LogP contribution in [0.2, 0.25) is 5.02 Å². The van der Waals surface area contributed by atoms with Gasteiger partial charge in [0.2, 0.25) is 0 Å². The lowest BCUT2D eigenvalue weighted by Gasteiger charge is -2.36. The van der Waals surface area contributed by atoms with Crippen LogP contribution < -0.4 is 0 Å². The minimum Gasteiger partial charge on any atom is -0.303 e. The fourth-order valence-electron chi connectivity index (χ4n) is 4.49. The van der Waals surface area contributed by atoms with E-state index in [9.17, 15) is 8.42 Å². The van der Waals surface area contributed by atoms with Crippen LogP contribution in [0.4, 0.5) is 0 Å². The normalized spacial score (nSPS) is 23.0. The number of rotatable bonds is 7. The summed E-state index contributed by atoms with van der Waals surface area (Å²) >= 11 is 9.80. The van der Waals surface area contributed by atoms with Crippen molar-refractivity contribution in [3.05, 3.63) is 33.3 Å². The number of halogens is 2. The molecule has 5 nitrogen and oxygen atoms in total. The zero-order chi connectivity index (χ0) is 21.0. The molecule has 0 aliphatic carbocycles. The molecule has 1 atom stereocenters. The lowest BCUT2D eigenvalue weighted by Crippen LogP contribution is -2.46. The first-order valence-corrected chi connectivity index (χ1v) is 13.2. The van der Waals surface area contributed by atoms with Crippen LogP contribution in [-0.2, 0) is 16.6 Å². The van der Waals surface area contributed by atoms with Crippen LogP contribution in [0.15, 0.2) is 22.7 Å². The Balaban J connectivity index is 1.42. The van der Waals surface area contributed by atoms with Gasteiger partial charge >= 0.3 is 0 Å². The van der Waals surface area contributed by atoms with Crippen molar-refractivity contribution in [2.45, 2.75) is 38.5 Å². The van der Waals surface area contributed by atoms with Crippen molar-refractivity contribution in [2.75, 3.05) is 46.8 Å². The Morgan fingerprint density at radius 2 is 1.86 bits per heavy atom. The van der Waals surface area contributed by atoms with E-state index in [4.69, 9.17) is 11.6 Å². The first-order chi connectivity index (χ1) is 13.8. The summed E-state index contributed by atoms with van der Waals surface area (Å²) in [7, 11) is -0.0477. The average Bonchev–Trinajstić information content (AvgIpc) is 2.70. The summed E-state index contributed by atoms with van der Waals surface area (Å²) in [6.45, 7) is 4.67. The summed E-state index contributed by atoms with van der Waals surface area (Å²) in [4.78, 5) is 2.56. The second kappa shape index (κ2) is 10.4. The second-order valence-corrected chi connectivity index (χ2v) is 12.1. The van der Waals surface area contributed by atoms with E-state index in [0.29, 0.717) is 24.9 Å². The molecule has 0 saturated carbocycles. The Bertz CT molecular complexity index is 782. The van der Waals surface area contributed by atoms with Gasteiger partial charge in [0.25, 0.3) is 10.2 Å². The monoisotopic (exact) mass is 505 g/mol. The number of hydrogen-bond donors (Lipinski definition) is 0. The van der Waals surface area contributed by atoms with Gasteiger partial charge in [0.1, 0.15) is 0 Å². The highest BCUT2D eigenvalue weighted by Crippen LogP contribution is 2.29. The largest absolute Gasteiger partial charge is 0.303 e. The van der Waals surface area contributed by atoms with Crippen LogP contribution in [0.3, 0.4) is 0 Å². The van der Waals surface area contributed by atoms with Crippen LogP contribution in [0.25, 0.3) is 0 Å². The van der Waals surface area contributed by atoms with Crippen molar-refractivity contribution >= 4 is 37.7 Å². The van der Waals surface area contributed by atoms with Gasteiger partial charge in [-0.25, -0.2) is 0 Å². The first-order valence-electron chi connectivity index (χ1n) is 10.6. The van der Waals surface area contributed by atoms with Gasteiger partial charge in [-0.1, -0.05) is 27.5 Å². The van der Waals surface area contributed by atoms with Crippen molar-refractivity contribution in [1.29, 1.82) is 0 Å². The van der Waals surface area contributed by atoms with Gasteiger partial charge in [0.05, 0.1) is 0 Å². The molecule has 8 heteroatoms. The third-order valence-electron chi connectivity index (χ3n) is 6.35. The summed E-state index contributed by atoms with van der Waals surface area (Å²) in [6, 6.07) is 6.04. The molecular formula is C21H33BrClN3O2S. The van der Waals surface area contributed by atoms with Crippen molar-refractivity contribution < 1.29 is 8.42 Å². The van der Waals surface area contributed by atoms with Crippen molar-refractivity contribution in [3.63, 3.8) is 0 Å². The fourth-order valence-corrected chi connectivity index (χ4v) is 6.32. The van der Waals surface area contributed by atoms with E-state index >= 15 is 0 Å². The van der Waals surface area contributed by atoms with E-state index in [0.717, 1.165) is 54.8 Å². The molecule has 0 spiro atoms. The summed E-state index contributed by atoms with van der Waals surface area (Å²) < 4.78 is 28.9. The van der Waals surface area contributed by atoms with Crippen molar-refractivity contribution in [2.24, 2.45) is 11.8 Å². The summed E-state index contributed by atoms with van der Waals surface area (Å²) in [5, 5.41) is 0.804. The highest BCUT2D eigenvalue weighted by molar-refractivity contribution is 9.10. The summed E-state index contributed by atoms with van der Waals surface area (Å²) in [5.41, 5.74) is 1.31. The SMILES string of the molecule is CN(C)S(=O)(=O)N1CCCC(CCN2CCC(Cc3cc(Cl)ccc3Br)CC2)C1. The third kappa shape index (κ3) is 6.40. The lowest BCUT2D eigenvalue weighted by molar-refractivity contribution is 0.159. The summed E-state index contributed by atoms with van der Waals surface area (Å²) in [5.74, 6) is 1.18. The quantitative estimate of drug-likeness (QED) is 0.555. The smallest absolute Gasteiger partial charge is 0.281 e. The van der Waals surface area contributed by atoms with E-state index < -0.39 is 10.2 Å². The van der Waals surface area contributed by atoms with Gasteiger partial charge in [-0.2, -0.15) is 17.0 Å². The molecule has 2 aliphatic rings. The Kier molecular flexibility index (Phi) is 8.44. The highest BCUT2D eigenvalue weighted by Gasteiger charge is 2.30. The van der Waals surface area contributed by atoms with Gasteiger partial charge in [0, 0.05) is 36.7 Å². The third-order valence-corrected chi connectivity index (χ3v) is 9.26. The van der Waals surface area contributed by atoms with E-state index in [1.165, 1.54) is 22.7 Å². The standard InChI is InChI=1S/C21H33BrClN3O2S/c1-24(2)29(27,28)26-10-3-4-18(16-26)9-13-25-11-7-17(8-12-25)14-19-15-20(23)5-6-21(19)22/h5-6,15,17-18H,3-4,7-14,16H2,1-2H3. The number of piperidine rings is 2. The van der Waals surface area contributed by atoms with Crippen LogP contribution >= 0.6 is 27.5 Å². The molecule has 0 bridgehead atoms. The predicted octanol–water partition coefficient (Wildman–Crippen LogP) is 4.27. The maximum Gasteiger partial charge on any atom is 0.281 e. The van der Waals surface area contributed by atoms with Crippen LogP contribution in [0.5, 0.6) is 0 Å². The second-order valence-electron chi connectivity index (χ2n) is 8.67. The molecule has 0 amide bonds. The van der Waals surface area contributed by atoms with Crippen LogP contribution in [0, 0.1) is 11.8 Å². The van der Waals surface area contributed by atoms with E-state index in [-0.39, 0.29) is 0 Å². The zero-order valence-corrected chi connectivity index (χ0v) is 20.6. The number of hydrogen-bond acceptors (Lipinski definition) is 3. The summed E-state index contributed by atoms with van der Waals surface area (Å²) in [6.07, 6.45) is 6.70. The number of nitrogens with zero attached hydrogens (tertiary/aromatic N) is 3. The fraction of sp³-hybridized carbons (Fsp3) is 0.714. The molecule has 1 aromatic carbocycles. The molecular weight excluding hydrogens is 474 g/mol. The minimum absolute atomic E-state index is 0.471. The average molecular weight is 507 g/mol. The topological polar surface area (TPSA) is 43.9 Å². The molecule has 29 heavy (non-hydrogen) atoms. The van der Waals surface area contributed by atoms with Crippen molar-refractivity contribution in [1.82, 2.24) is 13.5 Å². The molecule has 0 aromatic heterocycles. The van der Waals surface area contributed by atoms with Gasteiger partial charge in [0.15, 0.2) is 0 Å². The Morgan fingerprint density at radius 3 is 2.55 bits per heavy atom. The Morgan fingerprint density at radius 1 is 1.14 bits per heavy atom. The zero-order valence-electron chi connectivity index (χ0n) is 17.5. The van der Waals surface area contributed by atoms with E-state index in [1.54, 1.807) is 18.4 Å². The highest BCUT2D eigenvalue weighted by atomic mass is 79.9. The maximum atomic E-state index is 12.4. The first kappa shape index (κ1) is 23.5. The molecule has 0 radical (unpaired) electrons. The Hall–Kier alpha value is -0.180. The molecule has 0 N–H and O–H groups in total. The number of benzene rings is 1. The predicted molar refractivity (Wildman–Crippen MR) is 124 cm³/mol. The van der Waals surface area contributed by atoms with E-state index in [2.05, 4.69) is 26.9 Å². The van der Waals surface area contributed by atoms with Crippen molar-refractivity contribution in [3.8, 4) is 0 Å².